The van der Waals surface area contributed by atoms with Gasteiger partial charge in [-0.05, 0) is 18.6 Å². The van der Waals surface area contributed by atoms with Gasteiger partial charge in [0.25, 0.3) is 0 Å². The van der Waals surface area contributed by atoms with Crippen molar-refractivity contribution in [1.82, 2.24) is 9.78 Å². The Morgan fingerprint density at radius 1 is 1.44 bits per heavy atom. The lowest BCUT2D eigenvalue weighted by Gasteiger charge is -2.34. The number of hydrogen-bond donors (Lipinski definition) is 1. The molecule has 0 saturated heterocycles. The second-order valence-corrected chi connectivity index (χ2v) is 5.99. The van der Waals surface area contributed by atoms with Crippen LogP contribution in [0.3, 0.4) is 0 Å². The van der Waals surface area contributed by atoms with Crippen LogP contribution in [-0.4, -0.2) is 28.5 Å². The topological polar surface area (TPSA) is 56.1 Å². The van der Waals surface area contributed by atoms with Gasteiger partial charge in [-0.15, -0.1) is 0 Å². The normalized spacial score (nSPS) is 19.9. The van der Waals surface area contributed by atoms with Crippen molar-refractivity contribution in [1.29, 1.82) is 0 Å². The number of ether oxygens (including phenoxy) is 1. The molecule has 1 aromatic heterocycles. The maximum Gasteiger partial charge on any atom is 0.410 e. The van der Waals surface area contributed by atoms with Crippen molar-refractivity contribution in [2.24, 2.45) is 0 Å². The van der Waals surface area contributed by atoms with Gasteiger partial charge in [-0.1, -0.05) is 29.8 Å². The highest BCUT2D eigenvalue weighted by Crippen LogP contribution is 2.45. The van der Waals surface area contributed by atoms with E-state index in [0.717, 1.165) is 10.9 Å². The van der Waals surface area contributed by atoms with Gasteiger partial charge in [0, 0.05) is 11.4 Å². The van der Waals surface area contributed by atoms with E-state index in [2.05, 4.69) is 10.4 Å². The molecule has 0 aliphatic carbocycles. The third kappa shape index (κ3) is 3.30. The minimum absolute atomic E-state index is 0.0167. The van der Waals surface area contributed by atoms with Gasteiger partial charge in [0.05, 0.1) is 18.8 Å². The highest BCUT2D eigenvalue weighted by molar-refractivity contribution is 6.31. The van der Waals surface area contributed by atoms with E-state index < -0.39 is 24.2 Å². The fourth-order valence-electron chi connectivity index (χ4n) is 2.88. The fraction of sp³-hybridized carbons (Fsp3) is 0.375. The van der Waals surface area contributed by atoms with Crippen molar-refractivity contribution in [3.63, 3.8) is 0 Å². The number of benzene rings is 1. The molecule has 134 valence electrons. The van der Waals surface area contributed by atoms with Crippen LogP contribution in [0.15, 0.2) is 30.5 Å². The van der Waals surface area contributed by atoms with Crippen LogP contribution >= 0.6 is 11.6 Å². The standard InChI is InChI=1S/C16H15ClF3N3O2/c1-2-25-15(24)10-8-21-23-13(16(18,19)20)7-12(22-14(10)23)9-5-3-4-6-11(9)17/h3-6,8,12-13,22H,2,7H2,1H3. The molecule has 1 aliphatic heterocycles. The predicted molar refractivity (Wildman–Crippen MR) is 85.7 cm³/mol. The van der Waals surface area contributed by atoms with Crippen LogP contribution in [0.25, 0.3) is 0 Å². The van der Waals surface area contributed by atoms with Crippen molar-refractivity contribution < 1.29 is 22.7 Å². The molecular formula is C16H15ClF3N3O2. The number of fused-ring (bicyclic) bond motifs is 1. The zero-order chi connectivity index (χ0) is 18.2. The molecule has 2 atom stereocenters. The second-order valence-electron chi connectivity index (χ2n) is 5.58. The van der Waals surface area contributed by atoms with Crippen molar-refractivity contribution in [2.75, 3.05) is 11.9 Å². The Balaban J connectivity index is 2.06. The molecule has 0 amide bonds. The van der Waals surface area contributed by atoms with Gasteiger partial charge < -0.3 is 10.1 Å². The molecule has 2 unspecified atom stereocenters. The predicted octanol–water partition coefficient (Wildman–Crippen LogP) is 4.37. The lowest BCUT2D eigenvalue weighted by Crippen LogP contribution is -2.36. The lowest BCUT2D eigenvalue weighted by molar-refractivity contribution is -0.173. The number of rotatable bonds is 3. The van der Waals surface area contributed by atoms with Gasteiger partial charge in [0.1, 0.15) is 11.4 Å². The number of alkyl halides is 3. The van der Waals surface area contributed by atoms with Crippen molar-refractivity contribution >= 4 is 23.4 Å². The van der Waals surface area contributed by atoms with Crippen LogP contribution < -0.4 is 5.32 Å². The van der Waals surface area contributed by atoms with Gasteiger partial charge in [-0.2, -0.15) is 18.3 Å². The molecule has 0 bridgehead atoms. The van der Waals surface area contributed by atoms with Crippen LogP contribution in [0.1, 0.15) is 41.3 Å². The van der Waals surface area contributed by atoms with E-state index in [4.69, 9.17) is 16.3 Å². The lowest BCUT2D eigenvalue weighted by atomic mass is 9.96. The van der Waals surface area contributed by atoms with Crippen LogP contribution in [0.2, 0.25) is 5.02 Å². The molecule has 0 radical (unpaired) electrons. The molecular weight excluding hydrogens is 359 g/mol. The highest BCUT2D eigenvalue weighted by atomic mass is 35.5. The van der Waals surface area contributed by atoms with Crippen molar-refractivity contribution in [2.45, 2.75) is 31.6 Å². The Labute approximate surface area is 146 Å². The van der Waals surface area contributed by atoms with Gasteiger partial charge in [-0.3, -0.25) is 0 Å². The molecule has 2 heterocycles. The quantitative estimate of drug-likeness (QED) is 0.811. The van der Waals surface area contributed by atoms with Crippen LogP contribution in [0, 0.1) is 0 Å². The van der Waals surface area contributed by atoms with E-state index in [1.54, 1.807) is 31.2 Å². The van der Waals surface area contributed by atoms with Crippen LogP contribution in [0.5, 0.6) is 0 Å². The van der Waals surface area contributed by atoms with Crippen molar-refractivity contribution in [3.05, 3.63) is 46.6 Å². The third-order valence-corrected chi connectivity index (χ3v) is 4.36. The van der Waals surface area contributed by atoms with E-state index in [1.807, 2.05) is 0 Å². The van der Waals surface area contributed by atoms with Gasteiger partial charge >= 0.3 is 12.1 Å². The smallest absolute Gasteiger partial charge is 0.410 e. The number of esters is 1. The number of carbonyl (C=O) groups excluding carboxylic acids is 1. The number of nitrogens with zero attached hydrogens (tertiary/aromatic N) is 2. The van der Waals surface area contributed by atoms with E-state index in [-0.39, 0.29) is 24.4 Å². The summed E-state index contributed by atoms with van der Waals surface area (Å²) in [5.41, 5.74) is 0.494. The Kier molecular flexibility index (Phi) is 4.64. The Morgan fingerprint density at radius 2 is 2.16 bits per heavy atom. The minimum atomic E-state index is -4.52. The molecule has 0 saturated carbocycles. The number of nitrogens with one attached hydrogen (secondary N) is 1. The van der Waals surface area contributed by atoms with E-state index in [1.165, 1.54) is 0 Å². The summed E-state index contributed by atoms with van der Waals surface area (Å²) in [4.78, 5) is 12.0. The summed E-state index contributed by atoms with van der Waals surface area (Å²) >= 11 is 6.14. The van der Waals surface area contributed by atoms with Crippen LogP contribution in [-0.2, 0) is 4.74 Å². The zero-order valence-electron chi connectivity index (χ0n) is 13.2. The summed E-state index contributed by atoms with van der Waals surface area (Å²) in [5.74, 6) is -0.742. The molecule has 1 N–H and O–H groups in total. The molecule has 25 heavy (non-hydrogen) atoms. The SMILES string of the molecule is CCOC(=O)c1cnn2c1NC(c1ccccc1Cl)CC2C(F)(F)F. The van der Waals surface area contributed by atoms with E-state index in [9.17, 15) is 18.0 Å². The zero-order valence-corrected chi connectivity index (χ0v) is 13.9. The largest absolute Gasteiger partial charge is 0.462 e. The van der Waals surface area contributed by atoms with Gasteiger partial charge in [0.15, 0.2) is 6.04 Å². The summed E-state index contributed by atoms with van der Waals surface area (Å²) in [7, 11) is 0. The average molecular weight is 374 g/mol. The second kappa shape index (κ2) is 6.59. The molecule has 1 aromatic carbocycles. The first-order chi connectivity index (χ1) is 11.8. The van der Waals surface area contributed by atoms with E-state index in [0.29, 0.717) is 10.6 Å². The fourth-order valence-corrected chi connectivity index (χ4v) is 3.15. The summed E-state index contributed by atoms with van der Waals surface area (Å²) in [6.07, 6.45) is -3.72. The molecule has 9 heteroatoms. The molecule has 0 spiro atoms. The third-order valence-electron chi connectivity index (χ3n) is 4.01. The van der Waals surface area contributed by atoms with Crippen LogP contribution in [0.4, 0.5) is 19.0 Å². The molecule has 0 fully saturated rings. The maximum absolute atomic E-state index is 13.5. The summed E-state index contributed by atoms with van der Waals surface area (Å²) in [5, 5.41) is 7.07. The van der Waals surface area contributed by atoms with E-state index >= 15 is 0 Å². The summed E-state index contributed by atoms with van der Waals surface area (Å²) < 4.78 is 46.3. The molecule has 3 rings (SSSR count). The maximum atomic E-state index is 13.5. The molecule has 5 nitrogen and oxygen atoms in total. The first-order valence-corrected chi connectivity index (χ1v) is 8.03. The highest BCUT2D eigenvalue weighted by Gasteiger charge is 2.47. The Morgan fingerprint density at radius 3 is 2.80 bits per heavy atom. The molecule has 1 aliphatic rings. The van der Waals surface area contributed by atoms with Gasteiger partial charge in [0.2, 0.25) is 0 Å². The first-order valence-electron chi connectivity index (χ1n) is 7.65. The minimum Gasteiger partial charge on any atom is -0.462 e. The van der Waals surface area contributed by atoms with Crippen molar-refractivity contribution in [3.8, 4) is 0 Å². The Bertz CT molecular complexity index is 791. The number of hydrogen-bond acceptors (Lipinski definition) is 4. The monoisotopic (exact) mass is 373 g/mol. The Hall–Kier alpha value is -2.22. The average Bonchev–Trinajstić information content (AvgIpc) is 2.97. The van der Waals surface area contributed by atoms with Gasteiger partial charge in [-0.25, -0.2) is 9.48 Å². The number of aromatic nitrogens is 2. The number of carbonyl (C=O) groups is 1. The molecule has 2 aromatic rings. The first kappa shape index (κ1) is 17.6. The number of halogens is 4. The number of anilines is 1. The summed E-state index contributed by atoms with van der Waals surface area (Å²) in [6.45, 7) is 1.73. The summed E-state index contributed by atoms with van der Waals surface area (Å²) in [6, 6.07) is 4.09.